The van der Waals surface area contributed by atoms with Crippen LogP contribution in [-0.2, 0) is 0 Å². The van der Waals surface area contributed by atoms with Crippen LogP contribution in [-0.4, -0.2) is 30.3 Å². The zero-order valence-corrected chi connectivity index (χ0v) is 13.2. The summed E-state index contributed by atoms with van der Waals surface area (Å²) in [7, 11) is 1.82. The number of nitrogens with zero attached hydrogens (tertiary/aromatic N) is 1. The molecule has 0 saturated heterocycles. The molecule has 1 N–H and O–H groups in total. The number of rotatable bonds is 5. The van der Waals surface area contributed by atoms with Crippen LogP contribution < -0.4 is 5.32 Å². The van der Waals surface area contributed by atoms with Gasteiger partial charge in [0, 0.05) is 19.2 Å². The highest BCUT2D eigenvalue weighted by molar-refractivity contribution is 6.08. The second-order valence-electron chi connectivity index (χ2n) is 5.99. The summed E-state index contributed by atoms with van der Waals surface area (Å²) in [4.78, 5) is 26.7. The molecule has 0 aromatic heterocycles. The first-order chi connectivity index (χ1) is 11.1. The van der Waals surface area contributed by atoms with Gasteiger partial charge in [-0.3, -0.25) is 9.59 Å². The van der Waals surface area contributed by atoms with E-state index in [4.69, 9.17) is 0 Å². The first-order valence-corrected chi connectivity index (χ1v) is 7.86. The van der Waals surface area contributed by atoms with Gasteiger partial charge >= 0.3 is 0 Å². The highest BCUT2D eigenvalue weighted by atomic mass is 16.2. The Morgan fingerprint density at radius 1 is 1.04 bits per heavy atom. The minimum absolute atomic E-state index is 0.0548. The van der Waals surface area contributed by atoms with Crippen LogP contribution >= 0.6 is 0 Å². The van der Waals surface area contributed by atoms with Crippen molar-refractivity contribution in [2.45, 2.75) is 12.8 Å². The van der Waals surface area contributed by atoms with Crippen LogP contribution in [0, 0.1) is 5.92 Å². The fourth-order valence-corrected chi connectivity index (χ4v) is 2.54. The van der Waals surface area contributed by atoms with Gasteiger partial charge in [0.1, 0.15) is 0 Å². The lowest BCUT2D eigenvalue weighted by Gasteiger charge is -2.19. The molecule has 1 aliphatic carbocycles. The molecule has 4 nitrogen and oxygen atoms in total. The Hall–Kier alpha value is -2.62. The third kappa shape index (κ3) is 3.77. The monoisotopic (exact) mass is 308 g/mol. The van der Waals surface area contributed by atoms with Crippen molar-refractivity contribution in [1.29, 1.82) is 0 Å². The number of benzene rings is 2. The Bertz CT molecular complexity index is 708. The van der Waals surface area contributed by atoms with E-state index in [9.17, 15) is 9.59 Å². The summed E-state index contributed by atoms with van der Waals surface area (Å²) in [5.41, 5.74) is 1.65. The van der Waals surface area contributed by atoms with Gasteiger partial charge in [-0.15, -0.1) is 0 Å². The first kappa shape index (κ1) is 15.3. The predicted octanol–water partition coefficient (Wildman–Crippen LogP) is 3.42. The Labute approximate surface area is 136 Å². The van der Waals surface area contributed by atoms with E-state index >= 15 is 0 Å². The van der Waals surface area contributed by atoms with Crippen molar-refractivity contribution in [3.8, 4) is 0 Å². The van der Waals surface area contributed by atoms with Crippen LogP contribution in [0.2, 0.25) is 0 Å². The average Bonchev–Trinajstić information content (AvgIpc) is 3.39. The number of hydrogen-bond donors (Lipinski definition) is 1. The van der Waals surface area contributed by atoms with E-state index in [2.05, 4.69) is 5.32 Å². The van der Waals surface area contributed by atoms with Crippen molar-refractivity contribution in [2.24, 2.45) is 5.92 Å². The molecule has 0 spiro atoms. The molecule has 118 valence electrons. The Morgan fingerprint density at radius 3 is 2.39 bits per heavy atom. The normalized spacial score (nSPS) is 13.4. The summed E-state index contributed by atoms with van der Waals surface area (Å²) in [6.07, 6.45) is 2.40. The van der Waals surface area contributed by atoms with Gasteiger partial charge in [0.2, 0.25) is 0 Å². The van der Waals surface area contributed by atoms with E-state index in [1.165, 1.54) is 12.8 Å². The fourth-order valence-electron chi connectivity index (χ4n) is 2.54. The summed E-state index contributed by atoms with van der Waals surface area (Å²) in [5.74, 6) is 0.367. The maximum absolute atomic E-state index is 12.6. The quantitative estimate of drug-likeness (QED) is 0.920. The molecule has 2 aromatic rings. The van der Waals surface area contributed by atoms with Crippen molar-refractivity contribution in [2.75, 3.05) is 18.9 Å². The van der Waals surface area contributed by atoms with Crippen molar-refractivity contribution >= 4 is 17.5 Å². The summed E-state index contributed by atoms with van der Waals surface area (Å²) >= 11 is 0. The molecule has 23 heavy (non-hydrogen) atoms. The van der Waals surface area contributed by atoms with Crippen LogP contribution in [0.15, 0.2) is 54.6 Å². The number of nitrogens with one attached hydrogen (secondary N) is 1. The summed E-state index contributed by atoms with van der Waals surface area (Å²) in [6, 6.07) is 16.1. The number of amides is 2. The second-order valence-corrected chi connectivity index (χ2v) is 5.99. The highest BCUT2D eigenvalue weighted by Gasteiger charge is 2.26. The van der Waals surface area contributed by atoms with E-state index in [0.717, 1.165) is 6.54 Å². The fraction of sp³-hybridized carbons (Fsp3) is 0.263. The Morgan fingerprint density at radius 2 is 1.70 bits per heavy atom. The smallest absolute Gasteiger partial charge is 0.255 e. The maximum atomic E-state index is 12.6. The third-order valence-electron chi connectivity index (χ3n) is 4.02. The SMILES string of the molecule is CN(CC1CC1)C(=O)c1ccccc1NC(=O)c1ccccc1. The van der Waals surface area contributed by atoms with E-state index in [-0.39, 0.29) is 11.8 Å². The van der Waals surface area contributed by atoms with Crippen LogP contribution in [0.4, 0.5) is 5.69 Å². The van der Waals surface area contributed by atoms with Gasteiger partial charge in [-0.25, -0.2) is 0 Å². The van der Waals surface area contributed by atoms with Crippen LogP contribution in [0.5, 0.6) is 0 Å². The van der Waals surface area contributed by atoms with Crippen molar-refractivity contribution in [1.82, 2.24) is 4.90 Å². The average molecular weight is 308 g/mol. The van der Waals surface area contributed by atoms with E-state index in [1.54, 1.807) is 29.2 Å². The summed E-state index contributed by atoms with van der Waals surface area (Å²) < 4.78 is 0. The molecule has 1 fully saturated rings. The zero-order chi connectivity index (χ0) is 16.2. The number of carbonyl (C=O) groups excluding carboxylic acids is 2. The van der Waals surface area contributed by atoms with Gasteiger partial charge in [-0.05, 0) is 43.0 Å². The van der Waals surface area contributed by atoms with Crippen LogP contribution in [0.3, 0.4) is 0 Å². The Kier molecular flexibility index (Phi) is 4.42. The molecule has 0 heterocycles. The molecule has 0 radical (unpaired) electrons. The molecular formula is C19H20N2O2. The van der Waals surface area contributed by atoms with E-state index in [1.807, 2.05) is 37.4 Å². The summed E-state index contributed by atoms with van der Waals surface area (Å²) in [5, 5.41) is 2.85. The topological polar surface area (TPSA) is 49.4 Å². The molecule has 2 amide bonds. The Balaban J connectivity index is 1.77. The van der Waals surface area contributed by atoms with Crippen molar-refractivity contribution in [3.63, 3.8) is 0 Å². The van der Waals surface area contributed by atoms with E-state index in [0.29, 0.717) is 22.7 Å². The number of hydrogen-bond acceptors (Lipinski definition) is 2. The van der Waals surface area contributed by atoms with Crippen molar-refractivity contribution in [3.05, 3.63) is 65.7 Å². The number of carbonyl (C=O) groups is 2. The van der Waals surface area contributed by atoms with Gasteiger partial charge < -0.3 is 10.2 Å². The number of anilines is 1. The molecule has 0 unspecified atom stereocenters. The molecule has 3 rings (SSSR count). The van der Waals surface area contributed by atoms with Gasteiger partial charge in [0.25, 0.3) is 11.8 Å². The third-order valence-corrected chi connectivity index (χ3v) is 4.02. The highest BCUT2D eigenvalue weighted by Crippen LogP contribution is 2.30. The van der Waals surface area contributed by atoms with Crippen LogP contribution in [0.25, 0.3) is 0 Å². The van der Waals surface area contributed by atoms with Gasteiger partial charge in [-0.2, -0.15) is 0 Å². The molecule has 4 heteroatoms. The standard InChI is InChI=1S/C19H20N2O2/c1-21(13-14-11-12-14)19(23)16-9-5-6-10-17(16)20-18(22)15-7-3-2-4-8-15/h2-10,14H,11-13H2,1H3,(H,20,22). The predicted molar refractivity (Wildman–Crippen MR) is 90.5 cm³/mol. The molecule has 0 bridgehead atoms. The second kappa shape index (κ2) is 6.65. The van der Waals surface area contributed by atoms with Crippen molar-refractivity contribution < 1.29 is 9.59 Å². The lowest BCUT2D eigenvalue weighted by atomic mass is 10.1. The molecule has 0 atom stereocenters. The molecule has 1 saturated carbocycles. The number of para-hydroxylation sites is 1. The van der Waals surface area contributed by atoms with Gasteiger partial charge in [0.05, 0.1) is 11.3 Å². The summed E-state index contributed by atoms with van der Waals surface area (Å²) in [6.45, 7) is 0.778. The molecule has 2 aromatic carbocycles. The van der Waals surface area contributed by atoms with Gasteiger partial charge in [-0.1, -0.05) is 30.3 Å². The molecule has 0 aliphatic heterocycles. The largest absolute Gasteiger partial charge is 0.341 e. The van der Waals surface area contributed by atoms with E-state index < -0.39 is 0 Å². The lowest BCUT2D eigenvalue weighted by molar-refractivity contribution is 0.0789. The molecule has 1 aliphatic rings. The lowest BCUT2D eigenvalue weighted by Crippen LogP contribution is -2.29. The first-order valence-electron chi connectivity index (χ1n) is 7.86. The minimum Gasteiger partial charge on any atom is -0.341 e. The van der Waals surface area contributed by atoms with Crippen LogP contribution in [0.1, 0.15) is 33.6 Å². The minimum atomic E-state index is -0.212. The zero-order valence-electron chi connectivity index (χ0n) is 13.2. The maximum Gasteiger partial charge on any atom is 0.255 e. The van der Waals surface area contributed by atoms with Gasteiger partial charge in [0.15, 0.2) is 0 Å². The molecular weight excluding hydrogens is 288 g/mol.